The number of halogens is 3. The Morgan fingerprint density at radius 2 is 1.96 bits per heavy atom. The third kappa shape index (κ3) is 3.53. The van der Waals surface area contributed by atoms with Crippen molar-refractivity contribution >= 4 is 49.8 Å². The lowest BCUT2D eigenvalue weighted by Crippen LogP contribution is -2.30. The predicted octanol–water partition coefficient (Wildman–Crippen LogP) is 4.45. The maximum atomic E-state index is 14.1. The number of thiophene rings is 1. The Morgan fingerprint density at radius 1 is 1.25 bits per heavy atom. The molecule has 2 aromatic carbocycles. The van der Waals surface area contributed by atoms with E-state index in [0.29, 0.717) is 10.1 Å². The molecule has 0 radical (unpaired) electrons. The minimum atomic E-state index is -0.801. The molecule has 0 aliphatic heterocycles. The first-order chi connectivity index (χ1) is 13.2. The Kier molecular flexibility index (Phi) is 5.53. The molecule has 1 aromatic heterocycles. The molecular weight excluding hydrogens is 410 g/mol. The van der Waals surface area contributed by atoms with Gasteiger partial charge in [0, 0.05) is 31.0 Å². The van der Waals surface area contributed by atoms with Crippen molar-refractivity contribution in [1.29, 1.82) is 0 Å². The number of phenols is 1. The summed E-state index contributed by atoms with van der Waals surface area (Å²) in [5.74, 6) is -2.60. The van der Waals surface area contributed by atoms with Crippen LogP contribution in [0.15, 0.2) is 30.3 Å². The lowest BCUT2D eigenvalue weighted by Gasteiger charge is -2.21. The molecule has 0 aliphatic rings. The first-order valence-electron chi connectivity index (χ1n) is 8.12. The minimum Gasteiger partial charge on any atom is -0.506 e. The van der Waals surface area contributed by atoms with E-state index in [1.807, 2.05) is 0 Å². The Bertz CT molecular complexity index is 1100. The number of aromatic hydroxyl groups is 1. The van der Waals surface area contributed by atoms with Gasteiger partial charge in [-0.05, 0) is 18.2 Å². The molecule has 28 heavy (non-hydrogen) atoms. The first kappa shape index (κ1) is 20.0. The molecular formula is C19H15ClF2N2O3S. The predicted molar refractivity (Wildman–Crippen MR) is 105 cm³/mol. The number of nitrogens with one attached hydrogen (secondary N) is 1. The van der Waals surface area contributed by atoms with E-state index in [2.05, 4.69) is 5.32 Å². The second-order valence-corrected chi connectivity index (χ2v) is 7.35. The number of anilines is 1. The number of hydrogen-bond donors (Lipinski definition) is 2. The third-order valence-electron chi connectivity index (χ3n) is 4.18. The van der Waals surface area contributed by atoms with Crippen molar-refractivity contribution in [3.05, 3.63) is 58.1 Å². The van der Waals surface area contributed by atoms with E-state index in [0.717, 1.165) is 23.5 Å². The summed E-state index contributed by atoms with van der Waals surface area (Å²) < 4.78 is 27.7. The summed E-state index contributed by atoms with van der Waals surface area (Å²) in [6.07, 6.45) is 0. The van der Waals surface area contributed by atoms with Crippen LogP contribution in [-0.2, 0) is 11.3 Å². The molecule has 9 heteroatoms. The lowest BCUT2D eigenvalue weighted by atomic mass is 10.1. The largest absolute Gasteiger partial charge is 0.506 e. The molecule has 0 saturated heterocycles. The van der Waals surface area contributed by atoms with Crippen LogP contribution in [-0.4, -0.2) is 24.0 Å². The van der Waals surface area contributed by atoms with E-state index in [1.54, 1.807) is 0 Å². The molecule has 0 saturated carbocycles. The molecule has 146 valence electrons. The van der Waals surface area contributed by atoms with Gasteiger partial charge in [-0.15, -0.1) is 11.3 Å². The Hall–Kier alpha value is -2.71. The highest BCUT2D eigenvalue weighted by Crippen LogP contribution is 2.45. The molecule has 5 nitrogen and oxygen atoms in total. The van der Waals surface area contributed by atoms with Crippen molar-refractivity contribution in [3.8, 4) is 5.75 Å². The third-order valence-corrected chi connectivity index (χ3v) is 5.92. The van der Waals surface area contributed by atoms with Crippen molar-refractivity contribution in [3.63, 3.8) is 0 Å². The van der Waals surface area contributed by atoms with E-state index < -0.39 is 23.4 Å². The molecule has 0 spiro atoms. The maximum absolute atomic E-state index is 14.1. The molecule has 0 atom stereocenters. The summed E-state index contributed by atoms with van der Waals surface area (Å²) in [6.45, 7) is 1.07. The summed E-state index contributed by atoms with van der Waals surface area (Å²) in [5, 5.41) is 13.1. The quantitative estimate of drug-likeness (QED) is 0.650. The fourth-order valence-electron chi connectivity index (χ4n) is 2.79. The van der Waals surface area contributed by atoms with Gasteiger partial charge >= 0.3 is 0 Å². The number of phenolic OH excluding ortho intramolecular Hbond substituents is 1. The summed E-state index contributed by atoms with van der Waals surface area (Å²) in [7, 11) is 1.44. The van der Waals surface area contributed by atoms with Crippen molar-refractivity contribution in [2.75, 3.05) is 11.9 Å². The van der Waals surface area contributed by atoms with Crippen molar-refractivity contribution in [2.24, 2.45) is 0 Å². The Labute approximate surface area is 168 Å². The Balaban J connectivity index is 2.21. The van der Waals surface area contributed by atoms with Gasteiger partial charge in [-0.2, -0.15) is 0 Å². The molecule has 1 heterocycles. The summed E-state index contributed by atoms with van der Waals surface area (Å²) in [4.78, 5) is 26.1. The number of carbonyl (C=O) groups is 2. The number of nitrogens with zero attached hydrogens (tertiary/aromatic N) is 1. The highest BCUT2D eigenvalue weighted by molar-refractivity contribution is 7.24. The number of benzene rings is 2. The molecule has 0 aliphatic carbocycles. The van der Waals surface area contributed by atoms with Gasteiger partial charge in [0.15, 0.2) is 0 Å². The second-order valence-electron chi connectivity index (χ2n) is 5.98. The van der Waals surface area contributed by atoms with Gasteiger partial charge in [0.05, 0.1) is 16.8 Å². The van der Waals surface area contributed by atoms with Gasteiger partial charge in [-0.1, -0.05) is 17.7 Å². The van der Waals surface area contributed by atoms with Crippen LogP contribution in [0.25, 0.3) is 10.1 Å². The minimum absolute atomic E-state index is 0.0513. The Morgan fingerprint density at radius 3 is 2.57 bits per heavy atom. The van der Waals surface area contributed by atoms with Crippen LogP contribution < -0.4 is 10.2 Å². The highest BCUT2D eigenvalue weighted by Gasteiger charge is 2.27. The van der Waals surface area contributed by atoms with E-state index in [-0.39, 0.29) is 33.4 Å². The van der Waals surface area contributed by atoms with Crippen molar-refractivity contribution in [2.45, 2.75) is 13.5 Å². The van der Waals surface area contributed by atoms with E-state index >= 15 is 0 Å². The van der Waals surface area contributed by atoms with Crippen LogP contribution in [0.2, 0.25) is 5.02 Å². The highest BCUT2D eigenvalue weighted by atomic mass is 35.5. The van der Waals surface area contributed by atoms with Crippen molar-refractivity contribution in [1.82, 2.24) is 5.32 Å². The summed E-state index contributed by atoms with van der Waals surface area (Å²) in [5.41, 5.74) is 0.271. The molecule has 2 amide bonds. The average Bonchev–Trinajstić information content (AvgIpc) is 3.03. The van der Waals surface area contributed by atoms with E-state index in [1.165, 1.54) is 37.1 Å². The number of amides is 2. The fraction of sp³-hybridized carbons (Fsp3) is 0.158. The van der Waals surface area contributed by atoms with Crippen LogP contribution in [0.4, 0.5) is 13.8 Å². The summed E-state index contributed by atoms with van der Waals surface area (Å²) >= 11 is 7.20. The van der Waals surface area contributed by atoms with Gasteiger partial charge < -0.3 is 10.4 Å². The number of carbonyl (C=O) groups excluding carboxylic acids is 2. The smallest absolute Gasteiger partial charge is 0.254 e. The van der Waals surface area contributed by atoms with Crippen LogP contribution in [0.1, 0.15) is 22.8 Å². The molecule has 0 fully saturated rings. The van der Waals surface area contributed by atoms with Crippen LogP contribution in [0, 0.1) is 11.6 Å². The normalized spacial score (nSPS) is 10.9. The topological polar surface area (TPSA) is 69.6 Å². The average molecular weight is 425 g/mol. The zero-order chi connectivity index (χ0) is 20.6. The summed E-state index contributed by atoms with van der Waals surface area (Å²) in [6, 6.07) is 5.94. The van der Waals surface area contributed by atoms with Crippen molar-refractivity contribution < 1.29 is 23.5 Å². The molecule has 3 rings (SSSR count). The zero-order valence-corrected chi connectivity index (χ0v) is 16.4. The van der Waals surface area contributed by atoms with E-state index in [9.17, 15) is 23.5 Å². The van der Waals surface area contributed by atoms with E-state index in [4.69, 9.17) is 11.6 Å². The van der Waals surface area contributed by atoms with Gasteiger partial charge in [-0.3, -0.25) is 14.5 Å². The standard InChI is InChI=1S/C19H15ClF2N2O3S/c1-9(25)24(8-10-3-4-11(21)7-13(10)22)19-15(18(27)23-2)12-5-6-14(26)16(20)17(12)28-19/h3-7,26H,8H2,1-2H3,(H,23,27). The monoisotopic (exact) mass is 424 g/mol. The van der Waals surface area contributed by atoms with Gasteiger partial charge in [-0.25, -0.2) is 8.78 Å². The molecule has 0 bridgehead atoms. The van der Waals surface area contributed by atoms with Crippen LogP contribution >= 0.6 is 22.9 Å². The number of hydrogen-bond acceptors (Lipinski definition) is 4. The lowest BCUT2D eigenvalue weighted by molar-refractivity contribution is -0.116. The van der Waals surface area contributed by atoms with Gasteiger partial charge in [0.1, 0.15) is 27.4 Å². The fourth-order valence-corrected chi connectivity index (χ4v) is 4.34. The molecule has 2 N–H and O–H groups in total. The second kappa shape index (κ2) is 7.73. The SMILES string of the molecule is CNC(=O)c1c(N(Cc2ccc(F)cc2F)C(C)=O)sc2c(Cl)c(O)ccc12. The van der Waals surface area contributed by atoms with Crippen LogP contribution in [0.5, 0.6) is 5.75 Å². The van der Waals surface area contributed by atoms with Gasteiger partial charge in [0.25, 0.3) is 5.91 Å². The maximum Gasteiger partial charge on any atom is 0.254 e. The van der Waals surface area contributed by atoms with Crippen LogP contribution in [0.3, 0.4) is 0 Å². The number of rotatable bonds is 4. The first-order valence-corrected chi connectivity index (χ1v) is 9.32. The zero-order valence-electron chi connectivity index (χ0n) is 14.8. The number of fused-ring (bicyclic) bond motifs is 1. The molecule has 3 aromatic rings. The molecule has 0 unspecified atom stereocenters. The van der Waals surface area contributed by atoms with Gasteiger partial charge in [0.2, 0.25) is 5.91 Å².